The van der Waals surface area contributed by atoms with Gasteiger partial charge in [0.05, 0.1) is 0 Å². The number of hydrogen-bond acceptors (Lipinski definition) is 1. The summed E-state index contributed by atoms with van der Waals surface area (Å²) in [7, 11) is 0. The first-order valence-corrected chi connectivity index (χ1v) is 6.87. The molecule has 18 heavy (non-hydrogen) atoms. The average molecular weight is 276 g/mol. The van der Waals surface area contributed by atoms with E-state index in [4.69, 9.17) is 11.6 Å². The molecule has 1 nitrogen and oxygen atoms in total. The summed E-state index contributed by atoms with van der Waals surface area (Å²) in [6, 6.07) is 2.26. The molecule has 0 saturated carbocycles. The van der Waals surface area contributed by atoms with Crippen LogP contribution in [0, 0.1) is 11.6 Å². The SMILES string of the molecule is CCNCCCCCCc1cc(F)c(F)cc1Cl. The molecule has 0 amide bonds. The molecule has 1 rings (SSSR count). The number of unbranched alkanes of at least 4 members (excludes halogenated alkanes) is 3. The van der Waals surface area contributed by atoms with E-state index in [1.165, 1.54) is 6.07 Å². The van der Waals surface area contributed by atoms with Crippen LogP contribution in [0.15, 0.2) is 12.1 Å². The molecule has 0 fully saturated rings. The van der Waals surface area contributed by atoms with Crippen molar-refractivity contribution in [1.82, 2.24) is 5.32 Å². The Bertz CT molecular complexity index is 369. The first-order valence-electron chi connectivity index (χ1n) is 6.49. The van der Waals surface area contributed by atoms with Gasteiger partial charge < -0.3 is 5.32 Å². The fourth-order valence-corrected chi connectivity index (χ4v) is 2.10. The van der Waals surface area contributed by atoms with Crippen molar-refractivity contribution in [2.45, 2.75) is 39.0 Å². The zero-order valence-corrected chi connectivity index (χ0v) is 11.5. The van der Waals surface area contributed by atoms with Gasteiger partial charge in [-0.3, -0.25) is 0 Å². The first kappa shape index (κ1) is 15.4. The molecule has 0 aromatic heterocycles. The number of aryl methyl sites for hydroxylation is 1. The third-order valence-electron chi connectivity index (χ3n) is 2.89. The Morgan fingerprint density at radius 3 is 2.44 bits per heavy atom. The van der Waals surface area contributed by atoms with Crippen LogP contribution in [-0.2, 0) is 6.42 Å². The monoisotopic (exact) mass is 275 g/mol. The number of nitrogens with one attached hydrogen (secondary N) is 1. The maximum atomic E-state index is 13.0. The summed E-state index contributed by atoms with van der Waals surface area (Å²) in [5, 5.41) is 3.59. The van der Waals surface area contributed by atoms with Crippen molar-refractivity contribution >= 4 is 11.6 Å². The quantitative estimate of drug-likeness (QED) is 0.550. The van der Waals surface area contributed by atoms with Crippen molar-refractivity contribution in [1.29, 1.82) is 0 Å². The molecule has 0 aliphatic heterocycles. The van der Waals surface area contributed by atoms with Crippen LogP contribution in [0.1, 0.15) is 38.2 Å². The molecule has 1 N–H and O–H groups in total. The highest BCUT2D eigenvalue weighted by molar-refractivity contribution is 6.31. The molecular weight excluding hydrogens is 256 g/mol. The van der Waals surface area contributed by atoms with Crippen molar-refractivity contribution in [2.24, 2.45) is 0 Å². The number of rotatable bonds is 8. The molecule has 102 valence electrons. The van der Waals surface area contributed by atoms with E-state index in [1.807, 2.05) is 0 Å². The minimum absolute atomic E-state index is 0.321. The van der Waals surface area contributed by atoms with Gasteiger partial charge in [-0.25, -0.2) is 8.78 Å². The maximum Gasteiger partial charge on any atom is 0.160 e. The maximum absolute atomic E-state index is 13.0. The molecule has 0 unspecified atom stereocenters. The van der Waals surface area contributed by atoms with Gasteiger partial charge in [0.15, 0.2) is 11.6 Å². The van der Waals surface area contributed by atoms with Crippen LogP contribution in [0.25, 0.3) is 0 Å². The van der Waals surface area contributed by atoms with Crippen LogP contribution in [0.5, 0.6) is 0 Å². The molecule has 0 aliphatic rings. The highest BCUT2D eigenvalue weighted by atomic mass is 35.5. The largest absolute Gasteiger partial charge is 0.317 e. The normalized spacial score (nSPS) is 10.9. The second-order valence-electron chi connectivity index (χ2n) is 4.38. The van der Waals surface area contributed by atoms with E-state index < -0.39 is 11.6 Å². The van der Waals surface area contributed by atoms with Crippen molar-refractivity contribution < 1.29 is 8.78 Å². The lowest BCUT2D eigenvalue weighted by atomic mass is 10.1. The predicted octanol–water partition coefficient (Wildman–Crippen LogP) is 4.33. The molecule has 4 heteroatoms. The van der Waals surface area contributed by atoms with Gasteiger partial charge in [-0.05, 0) is 50.0 Å². The highest BCUT2D eigenvalue weighted by Gasteiger charge is 2.07. The van der Waals surface area contributed by atoms with Gasteiger partial charge in [0.1, 0.15) is 0 Å². The lowest BCUT2D eigenvalue weighted by molar-refractivity contribution is 0.506. The first-order chi connectivity index (χ1) is 8.65. The summed E-state index contributed by atoms with van der Waals surface area (Å²) >= 11 is 5.87. The van der Waals surface area contributed by atoms with Crippen LogP contribution < -0.4 is 5.32 Å². The van der Waals surface area contributed by atoms with Crippen LogP contribution in [-0.4, -0.2) is 13.1 Å². The molecular formula is C14H20ClF2N. The molecule has 0 saturated heterocycles. The molecule has 0 radical (unpaired) electrons. The Morgan fingerprint density at radius 1 is 1.06 bits per heavy atom. The smallest absolute Gasteiger partial charge is 0.160 e. The zero-order valence-electron chi connectivity index (χ0n) is 10.7. The Kier molecular flexibility index (Phi) is 7.21. The van der Waals surface area contributed by atoms with Gasteiger partial charge in [-0.15, -0.1) is 0 Å². The van der Waals surface area contributed by atoms with Crippen molar-refractivity contribution in [3.8, 4) is 0 Å². The topological polar surface area (TPSA) is 12.0 Å². The minimum atomic E-state index is -0.880. The fraction of sp³-hybridized carbons (Fsp3) is 0.571. The summed E-state index contributed by atoms with van der Waals surface area (Å²) in [5.74, 6) is -1.70. The van der Waals surface area contributed by atoms with Gasteiger partial charge in [0, 0.05) is 5.02 Å². The fourth-order valence-electron chi connectivity index (χ4n) is 1.85. The van der Waals surface area contributed by atoms with Crippen LogP contribution in [0.3, 0.4) is 0 Å². The molecule has 0 aliphatic carbocycles. The van der Waals surface area contributed by atoms with Gasteiger partial charge in [0.2, 0.25) is 0 Å². The lowest BCUT2D eigenvalue weighted by Gasteiger charge is -2.06. The van der Waals surface area contributed by atoms with Gasteiger partial charge in [0.25, 0.3) is 0 Å². The highest BCUT2D eigenvalue weighted by Crippen LogP contribution is 2.22. The second-order valence-corrected chi connectivity index (χ2v) is 4.78. The number of benzene rings is 1. The van der Waals surface area contributed by atoms with Crippen molar-refractivity contribution in [3.05, 3.63) is 34.4 Å². The minimum Gasteiger partial charge on any atom is -0.317 e. The third kappa shape index (κ3) is 5.32. The Balaban J connectivity index is 2.25. The predicted molar refractivity (Wildman–Crippen MR) is 72.1 cm³/mol. The van der Waals surface area contributed by atoms with Crippen molar-refractivity contribution in [2.75, 3.05) is 13.1 Å². The van der Waals surface area contributed by atoms with Crippen LogP contribution in [0.2, 0.25) is 5.02 Å². The molecule has 0 heterocycles. The van der Waals surface area contributed by atoms with E-state index in [0.717, 1.165) is 44.8 Å². The van der Waals surface area contributed by atoms with Gasteiger partial charge >= 0.3 is 0 Å². The Hall–Kier alpha value is -0.670. The lowest BCUT2D eigenvalue weighted by Crippen LogP contribution is -2.13. The summed E-state index contributed by atoms with van der Waals surface area (Å²) < 4.78 is 25.9. The molecule has 0 atom stereocenters. The van der Waals surface area contributed by atoms with E-state index >= 15 is 0 Å². The number of halogens is 3. The van der Waals surface area contributed by atoms with Gasteiger partial charge in [-0.2, -0.15) is 0 Å². The summed E-state index contributed by atoms with van der Waals surface area (Å²) in [4.78, 5) is 0. The molecule has 1 aromatic rings. The number of hydrogen-bond donors (Lipinski definition) is 1. The van der Waals surface area contributed by atoms with E-state index in [-0.39, 0.29) is 0 Å². The van der Waals surface area contributed by atoms with Crippen molar-refractivity contribution in [3.63, 3.8) is 0 Å². The van der Waals surface area contributed by atoms with E-state index in [9.17, 15) is 8.78 Å². The molecule has 1 aromatic carbocycles. The average Bonchev–Trinajstić information content (AvgIpc) is 2.34. The molecule has 0 bridgehead atoms. The van der Waals surface area contributed by atoms with E-state index in [0.29, 0.717) is 17.0 Å². The Morgan fingerprint density at radius 2 is 1.72 bits per heavy atom. The summed E-state index contributed by atoms with van der Waals surface area (Å²) in [5.41, 5.74) is 0.697. The van der Waals surface area contributed by atoms with E-state index in [2.05, 4.69) is 12.2 Å². The second kappa shape index (κ2) is 8.44. The van der Waals surface area contributed by atoms with Crippen LogP contribution >= 0.6 is 11.6 Å². The standard InChI is InChI=1S/C14H20ClF2N/c1-2-18-8-6-4-3-5-7-11-9-13(16)14(17)10-12(11)15/h9-10,18H,2-8H2,1H3. The molecule has 0 spiro atoms. The Labute approximate surface area is 113 Å². The third-order valence-corrected chi connectivity index (χ3v) is 3.24. The summed E-state index contributed by atoms with van der Waals surface area (Å²) in [6.45, 7) is 4.14. The van der Waals surface area contributed by atoms with E-state index in [1.54, 1.807) is 0 Å². The zero-order chi connectivity index (χ0) is 13.4. The van der Waals surface area contributed by atoms with Crippen LogP contribution in [0.4, 0.5) is 8.78 Å². The van der Waals surface area contributed by atoms with Gasteiger partial charge in [-0.1, -0.05) is 31.4 Å². The summed E-state index contributed by atoms with van der Waals surface area (Å²) in [6.07, 6.45) is 5.04.